The lowest BCUT2D eigenvalue weighted by Crippen LogP contribution is -2.26. The number of nitrogens with one attached hydrogen (secondary N) is 1. The largest absolute Gasteiger partial charge is 0.755 e. The van der Waals surface area contributed by atoms with Gasteiger partial charge in [0.15, 0.2) is 0 Å². The maximum atomic E-state index is 12.2. The molecule has 0 fully saturated rings. The lowest BCUT2D eigenvalue weighted by Gasteiger charge is -2.23. The van der Waals surface area contributed by atoms with E-state index in [4.69, 9.17) is 14.2 Å². The predicted octanol–water partition coefficient (Wildman–Crippen LogP) is 3.57. The van der Waals surface area contributed by atoms with E-state index in [-0.39, 0.29) is 24.6 Å². The van der Waals surface area contributed by atoms with Crippen LogP contribution in [-0.2, 0) is 16.0 Å². The van der Waals surface area contributed by atoms with Crippen molar-refractivity contribution < 1.29 is 38.0 Å². The molecule has 0 saturated carbocycles. The molecule has 0 amide bonds. The van der Waals surface area contributed by atoms with Crippen LogP contribution >= 0.6 is 0 Å². The van der Waals surface area contributed by atoms with Gasteiger partial charge in [-0.25, -0.2) is 4.79 Å². The maximum absolute atomic E-state index is 12.2. The molecule has 3 aromatic rings. The smallest absolute Gasteiger partial charge is 0.341 e. The van der Waals surface area contributed by atoms with Crippen LogP contribution in [0.5, 0.6) is 17.2 Å². The number of aromatic hydroxyl groups is 1. The molecule has 0 saturated heterocycles. The normalized spacial score (nSPS) is 12.4. The zero-order chi connectivity index (χ0) is 28.4. The number of aliphatic hydroxyl groups is 1. The molecule has 11 heteroatoms. The average molecular weight is 558 g/mol. The molecule has 0 aliphatic carbocycles. The molecule has 0 spiro atoms. The highest BCUT2D eigenvalue weighted by Gasteiger charge is 2.16. The minimum Gasteiger partial charge on any atom is -0.755 e. The molecule has 39 heavy (non-hydrogen) atoms. The van der Waals surface area contributed by atoms with Gasteiger partial charge in [-0.05, 0) is 66.9 Å². The molecule has 2 unspecified atom stereocenters. The Hall–Kier alpha value is -3.64. The first kappa shape index (κ1) is 29.9. The Bertz CT molecular complexity index is 1270. The van der Waals surface area contributed by atoms with Crippen LogP contribution < -0.4 is 19.1 Å². The number of benzene rings is 3. The summed E-state index contributed by atoms with van der Waals surface area (Å²) in [7, 11) is 1.30. The van der Waals surface area contributed by atoms with E-state index in [1.54, 1.807) is 13.0 Å². The third-order valence-electron chi connectivity index (χ3n) is 5.80. The average Bonchev–Trinajstić information content (AvgIpc) is 2.93. The third-order valence-corrected chi connectivity index (χ3v) is 6.44. The number of phenolic OH excluding ortho intramolecular Hbond substituents is 1. The summed E-state index contributed by atoms with van der Waals surface area (Å²) in [5.74, 6) is 0.521. The Morgan fingerprint density at radius 3 is 2.41 bits per heavy atom. The van der Waals surface area contributed by atoms with Crippen molar-refractivity contribution in [1.29, 1.82) is 0 Å². The molecule has 0 aliphatic rings. The minimum atomic E-state index is -2.55. The highest BCUT2D eigenvalue weighted by atomic mass is 32.2. The van der Waals surface area contributed by atoms with Gasteiger partial charge in [0, 0.05) is 31.4 Å². The van der Waals surface area contributed by atoms with Crippen LogP contribution in [0.4, 0.5) is 5.69 Å². The first-order chi connectivity index (χ1) is 18.7. The molecule has 10 nitrogen and oxygen atoms in total. The molecular formula is C28H33N2O8S-. The second-order valence-electron chi connectivity index (χ2n) is 8.42. The fourth-order valence-corrected chi connectivity index (χ4v) is 4.08. The Balaban J connectivity index is 1.51. The van der Waals surface area contributed by atoms with Crippen LogP contribution in [0.3, 0.4) is 0 Å². The Morgan fingerprint density at radius 1 is 1.03 bits per heavy atom. The number of phenols is 1. The first-order valence-corrected chi connectivity index (χ1v) is 13.5. The second-order valence-corrected chi connectivity index (χ2v) is 9.40. The van der Waals surface area contributed by atoms with Crippen LogP contribution in [0.2, 0.25) is 0 Å². The van der Waals surface area contributed by atoms with Crippen LogP contribution in [0, 0.1) is 0 Å². The number of esters is 1. The van der Waals surface area contributed by atoms with Gasteiger partial charge in [-0.1, -0.05) is 24.3 Å². The van der Waals surface area contributed by atoms with Crippen molar-refractivity contribution in [2.75, 3.05) is 44.3 Å². The van der Waals surface area contributed by atoms with Gasteiger partial charge in [0.2, 0.25) is 0 Å². The van der Waals surface area contributed by atoms with Crippen LogP contribution in [0.15, 0.2) is 60.7 Å². The minimum absolute atomic E-state index is 0.0794. The molecule has 0 aliphatic heterocycles. The molecule has 3 rings (SSSR count). The van der Waals surface area contributed by atoms with Gasteiger partial charge >= 0.3 is 5.97 Å². The standard InChI is InChI=1S/C28H34N2O8S/c1-4-36-27-17-20(8-12-23(27)28(33)37-5-2)19-6-10-22(11-7-19)38-15-14-29-18-26(32)21-9-13-25(31)24(16-21)30(3)39(34)35/h6-13,16-17,26,29,31-32H,4-5,14-15,18H2,1-3H3,(H,34,35)/p-1. The number of hydrogen-bond acceptors (Lipinski definition) is 9. The predicted molar refractivity (Wildman–Crippen MR) is 148 cm³/mol. The van der Waals surface area contributed by atoms with Crippen molar-refractivity contribution in [2.45, 2.75) is 20.0 Å². The zero-order valence-electron chi connectivity index (χ0n) is 22.1. The Kier molecular flexibility index (Phi) is 11.1. The van der Waals surface area contributed by atoms with Gasteiger partial charge in [-0.15, -0.1) is 0 Å². The molecule has 2 atom stereocenters. The van der Waals surface area contributed by atoms with Gasteiger partial charge in [0.25, 0.3) is 0 Å². The number of carbonyl (C=O) groups is 1. The monoisotopic (exact) mass is 557 g/mol. The number of nitrogens with zero attached hydrogens (tertiary/aromatic N) is 1. The number of hydrogen-bond donors (Lipinski definition) is 3. The molecule has 0 aromatic heterocycles. The Morgan fingerprint density at radius 2 is 1.74 bits per heavy atom. The maximum Gasteiger partial charge on any atom is 0.341 e. The van der Waals surface area contributed by atoms with E-state index >= 15 is 0 Å². The zero-order valence-corrected chi connectivity index (χ0v) is 22.9. The fourth-order valence-electron chi connectivity index (χ4n) is 3.78. The summed E-state index contributed by atoms with van der Waals surface area (Å²) >= 11 is -2.55. The third kappa shape index (κ3) is 8.17. The van der Waals surface area contributed by atoms with Gasteiger partial charge in [-0.3, -0.25) is 4.21 Å². The highest BCUT2D eigenvalue weighted by molar-refractivity contribution is 7.80. The number of anilines is 1. The summed E-state index contributed by atoms with van der Waals surface area (Å²) in [4.78, 5) is 12.2. The van der Waals surface area contributed by atoms with E-state index < -0.39 is 23.3 Å². The van der Waals surface area contributed by atoms with Crippen molar-refractivity contribution in [3.8, 4) is 28.4 Å². The van der Waals surface area contributed by atoms with E-state index in [9.17, 15) is 23.8 Å². The molecule has 210 valence electrons. The molecule has 0 radical (unpaired) electrons. The summed E-state index contributed by atoms with van der Waals surface area (Å²) < 4.78 is 39.8. The van der Waals surface area contributed by atoms with Crippen molar-refractivity contribution in [3.05, 3.63) is 71.8 Å². The van der Waals surface area contributed by atoms with Gasteiger partial charge < -0.3 is 38.6 Å². The summed E-state index contributed by atoms with van der Waals surface area (Å²) in [6.07, 6.45) is -0.908. The summed E-state index contributed by atoms with van der Waals surface area (Å²) in [6.45, 7) is 5.34. The molecule has 3 aromatic carbocycles. The second kappa shape index (κ2) is 14.5. The summed E-state index contributed by atoms with van der Waals surface area (Å²) in [6, 6.07) is 17.2. The summed E-state index contributed by atoms with van der Waals surface area (Å²) in [5.41, 5.74) is 2.75. The van der Waals surface area contributed by atoms with E-state index in [0.29, 0.717) is 42.4 Å². The van der Waals surface area contributed by atoms with Crippen molar-refractivity contribution in [2.24, 2.45) is 0 Å². The SMILES string of the molecule is CCOC(=O)c1ccc(-c2ccc(OCCNCC(O)c3ccc(O)c(N(C)S(=O)[O-])c3)cc2)cc1OCC. The van der Waals surface area contributed by atoms with E-state index in [1.807, 2.05) is 43.3 Å². The van der Waals surface area contributed by atoms with Crippen LogP contribution in [-0.4, -0.2) is 64.9 Å². The quantitative estimate of drug-likeness (QED) is 0.154. The van der Waals surface area contributed by atoms with Crippen LogP contribution in [0.1, 0.15) is 35.9 Å². The lowest BCUT2D eigenvalue weighted by molar-refractivity contribution is 0.0522. The highest BCUT2D eigenvalue weighted by Crippen LogP contribution is 2.31. The van der Waals surface area contributed by atoms with E-state index in [0.717, 1.165) is 15.4 Å². The van der Waals surface area contributed by atoms with Gasteiger partial charge in [0.05, 0.1) is 25.0 Å². The molecule has 0 heterocycles. The van der Waals surface area contributed by atoms with Gasteiger partial charge in [0.1, 0.15) is 29.4 Å². The number of carbonyl (C=O) groups excluding carboxylic acids is 1. The number of rotatable bonds is 14. The molecule has 0 bridgehead atoms. The molecule has 3 N–H and O–H groups in total. The lowest BCUT2D eigenvalue weighted by atomic mass is 10.0. The number of aliphatic hydroxyl groups excluding tert-OH is 1. The topological polar surface area (TPSA) is 141 Å². The Labute approximate surface area is 230 Å². The first-order valence-electron chi connectivity index (χ1n) is 12.5. The fraction of sp³-hybridized carbons (Fsp3) is 0.321. The van der Waals surface area contributed by atoms with Gasteiger partial charge in [-0.2, -0.15) is 0 Å². The number of ether oxygens (including phenoxy) is 3. The van der Waals surface area contributed by atoms with E-state index in [2.05, 4.69) is 5.32 Å². The van der Waals surface area contributed by atoms with Crippen LogP contribution in [0.25, 0.3) is 11.1 Å². The van der Waals surface area contributed by atoms with Crippen molar-refractivity contribution in [1.82, 2.24) is 5.32 Å². The van der Waals surface area contributed by atoms with E-state index in [1.165, 1.54) is 25.2 Å². The molecular weight excluding hydrogens is 524 g/mol. The van der Waals surface area contributed by atoms with Crippen molar-refractivity contribution in [3.63, 3.8) is 0 Å². The summed E-state index contributed by atoms with van der Waals surface area (Å²) in [5, 5.41) is 23.4. The van der Waals surface area contributed by atoms with Crippen molar-refractivity contribution >= 4 is 22.9 Å².